The third-order valence-electron chi connectivity index (χ3n) is 2.91. The van der Waals surface area contributed by atoms with Gasteiger partial charge in [0.2, 0.25) is 0 Å². The van der Waals surface area contributed by atoms with Gasteiger partial charge in [-0.1, -0.05) is 33.1 Å². The van der Waals surface area contributed by atoms with Crippen LogP contribution in [0.15, 0.2) is 0 Å². The Morgan fingerprint density at radius 2 is 1.44 bits per heavy atom. The zero-order chi connectivity index (χ0) is 13.9. The highest BCUT2D eigenvalue weighted by molar-refractivity contribution is 6.60. The minimum atomic E-state index is -2.43. The lowest BCUT2D eigenvalue weighted by atomic mass is 10.2. The van der Waals surface area contributed by atoms with Gasteiger partial charge in [0, 0.05) is 25.4 Å². The van der Waals surface area contributed by atoms with Crippen molar-refractivity contribution in [3.8, 4) is 0 Å². The fourth-order valence-corrected chi connectivity index (χ4v) is 5.03. The maximum Gasteiger partial charge on any atom is 0.501 e. The van der Waals surface area contributed by atoms with Crippen LogP contribution in [-0.2, 0) is 13.3 Å². The van der Waals surface area contributed by atoms with E-state index >= 15 is 0 Å². The summed E-state index contributed by atoms with van der Waals surface area (Å²) >= 11 is 0. The molecule has 0 aliphatic heterocycles. The monoisotopic (exact) mass is 276 g/mol. The Labute approximate surface area is 115 Å². The molecule has 18 heavy (non-hydrogen) atoms. The standard InChI is InChI=1S/C14H32O3Si/c1-6-10-12-14(5)17-18(15-8-3,16-9-4)13-11-7-2/h14H,6-13H2,1-5H3. The van der Waals surface area contributed by atoms with Crippen LogP contribution in [0.1, 0.15) is 66.7 Å². The van der Waals surface area contributed by atoms with Gasteiger partial charge >= 0.3 is 8.80 Å². The minimum absolute atomic E-state index is 0.242. The van der Waals surface area contributed by atoms with Gasteiger partial charge in [-0.15, -0.1) is 0 Å². The molecule has 0 aliphatic rings. The maximum atomic E-state index is 6.22. The minimum Gasteiger partial charge on any atom is -0.374 e. The normalized spacial score (nSPS) is 13.8. The molecule has 0 N–H and O–H groups in total. The van der Waals surface area contributed by atoms with E-state index in [4.69, 9.17) is 13.3 Å². The first-order valence-electron chi connectivity index (χ1n) is 7.59. The molecule has 0 aromatic rings. The molecule has 0 saturated carbocycles. The van der Waals surface area contributed by atoms with E-state index < -0.39 is 8.80 Å². The van der Waals surface area contributed by atoms with E-state index in [1.54, 1.807) is 0 Å². The second kappa shape index (κ2) is 11.0. The summed E-state index contributed by atoms with van der Waals surface area (Å²) in [4.78, 5) is 0. The van der Waals surface area contributed by atoms with E-state index in [1.165, 1.54) is 12.8 Å². The Morgan fingerprint density at radius 3 is 1.89 bits per heavy atom. The maximum absolute atomic E-state index is 6.22. The van der Waals surface area contributed by atoms with Crippen LogP contribution < -0.4 is 0 Å². The number of hydrogen-bond donors (Lipinski definition) is 0. The quantitative estimate of drug-likeness (QED) is 0.495. The molecule has 0 rings (SSSR count). The van der Waals surface area contributed by atoms with Crippen LogP contribution in [0.4, 0.5) is 0 Å². The Balaban J connectivity index is 4.47. The van der Waals surface area contributed by atoms with Crippen LogP contribution in [0, 0.1) is 0 Å². The van der Waals surface area contributed by atoms with Crippen molar-refractivity contribution in [1.29, 1.82) is 0 Å². The molecule has 0 saturated heterocycles. The highest BCUT2D eigenvalue weighted by Crippen LogP contribution is 2.22. The molecule has 110 valence electrons. The first-order chi connectivity index (χ1) is 8.64. The molecule has 0 amide bonds. The summed E-state index contributed by atoms with van der Waals surface area (Å²) in [6.07, 6.45) is 6.02. The highest BCUT2D eigenvalue weighted by atomic mass is 28.4. The van der Waals surface area contributed by atoms with E-state index in [0.29, 0.717) is 13.2 Å². The van der Waals surface area contributed by atoms with Gasteiger partial charge in [0.25, 0.3) is 0 Å². The van der Waals surface area contributed by atoms with Gasteiger partial charge in [0.05, 0.1) is 0 Å². The lowest BCUT2D eigenvalue weighted by Gasteiger charge is -2.31. The predicted octanol–water partition coefficient (Wildman–Crippen LogP) is 4.39. The van der Waals surface area contributed by atoms with Gasteiger partial charge in [-0.25, -0.2) is 0 Å². The van der Waals surface area contributed by atoms with Crippen molar-refractivity contribution in [3.63, 3.8) is 0 Å². The Kier molecular flexibility index (Phi) is 11.0. The van der Waals surface area contributed by atoms with E-state index in [2.05, 4.69) is 20.8 Å². The van der Waals surface area contributed by atoms with E-state index in [-0.39, 0.29) is 6.10 Å². The Bertz CT molecular complexity index is 182. The van der Waals surface area contributed by atoms with Gasteiger partial charge in [0.1, 0.15) is 0 Å². The number of unbranched alkanes of at least 4 members (excludes halogenated alkanes) is 2. The van der Waals surface area contributed by atoms with Crippen LogP contribution >= 0.6 is 0 Å². The van der Waals surface area contributed by atoms with Crippen LogP contribution in [0.5, 0.6) is 0 Å². The Hall–Kier alpha value is 0.0969. The van der Waals surface area contributed by atoms with Crippen LogP contribution in [-0.4, -0.2) is 28.1 Å². The van der Waals surface area contributed by atoms with Crippen molar-refractivity contribution in [2.24, 2.45) is 0 Å². The van der Waals surface area contributed by atoms with Crippen molar-refractivity contribution in [2.75, 3.05) is 13.2 Å². The van der Waals surface area contributed by atoms with Crippen molar-refractivity contribution in [1.82, 2.24) is 0 Å². The van der Waals surface area contributed by atoms with Crippen molar-refractivity contribution >= 4 is 8.80 Å². The molecule has 1 unspecified atom stereocenters. The summed E-state index contributed by atoms with van der Waals surface area (Å²) in [5.74, 6) is 0. The molecule has 0 aromatic heterocycles. The van der Waals surface area contributed by atoms with Crippen molar-refractivity contribution in [2.45, 2.75) is 78.9 Å². The molecule has 0 heterocycles. The summed E-state index contributed by atoms with van der Waals surface area (Å²) in [5, 5.41) is 0. The predicted molar refractivity (Wildman–Crippen MR) is 78.8 cm³/mol. The Morgan fingerprint density at radius 1 is 0.889 bits per heavy atom. The first-order valence-corrected chi connectivity index (χ1v) is 9.52. The molecule has 0 radical (unpaired) electrons. The average Bonchev–Trinajstić information content (AvgIpc) is 2.34. The third-order valence-corrected chi connectivity index (χ3v) is 6.09. The van der Waals surface area contributed by atoms with Crippen LogP contribution in [0.3, 0.4) is 0 Å². The van der Waals surface area contributed by atoms with Gasteiger partial charge in [-0.2, -0.15) is 0 Å². The fraction of sp³-hybridized carbons (Fsp3) is 1.00. The highest BCUT2D eigenvalue weighted by Gasteiger charge is 2.41. The second-order valence-corrected chi connectivity index (χ2v) is 7.40. The molecule has 0 aromatic carbocycles. The number of rotatable bonds is 12. The molecule has 0 bridgehead atoms. The zero-order valence-electron chi connectivity index (χ0n) is 13.0. The SMILES string of the molecule is CCCCC(C)O[Si](CCCC)(OCC)OCC. The summed E-state index contributed by atoms with van der Waals surface area (Å²) in [6, 6.07) is 0.946. The summed E-state index contributed by atoms with van der Waals surface area (Å²) < 4.78 is 18.1. The smallest absolute Gasteiger partial charge is 0.374 e. The second-order valence-electron chi connectivity index (χ2n) is 4.72. The van der Waals surface area contributed by atoms with Gasteiger partial charge in [0.15, 0.2) is 0 Å². The molecule has 0 aliphatic carbocycles. The zero-order valence-corrected chi connectivity index (χ0v) is 14.0. The van der Waals surface area contributed by atoms with Crippen LogP contribution in [0.2, 0.25) is 6.04 Å². The lowest BCUT2D eigenvalue weighted by Crippen LogP contribution is -2.48. The molecular formula is C14H32O3Si. The van der Waals surface area contributed by atoms with E-state index in [9.17, 15) is 0 Å². The molecule has 0 spiro atoms. The summed E-state index contributed by atoms with van der Waals surface area (Å²) in [6.45, 7) is 11.9. The fourth-order valence-electron chi connectivity index (χ4n) is 2.00. The van der Waals surface area contributed by atoms with Gasteiger partial charge in [-0.05, 0) is 33.6 Å². The lowest BCUT2D eigenvalue weighted by molar-refractivity contribution is 0.0345. The largest absolute Gasteiger partial charge is 0.501 e. The van der Waals surface area contributed by atoms with E-state index in [1.807, 2.05) is 13.8 Å². The number of hydrogen-bond acceptors (Lipinski definition) is 3. The molecule has 3 nitrogen and oxygen atoms in total. The topological polar surface area (TPSA) is 27.7 Å². The summed E-state index contributed by atoms with van der Waals surface area (Å²) in [5.41, 5.74) is 0. The molecule has 0 fully saturated rings. The van der Waals surface area contributed by atoms with Crippen molar-refractivity contribution in [3.05, 3.63) is 0 Å². The van der Waals surface area contributed by atoms with Gasteiger partial charge < -0.3 is 13.3 Å². The van der Waals surface area contributed by atoms with Crippen LogP contribution in [0.25, 0.3) is 0 Å². The molecule has 1 atom stereocenters. The molecular weight excluding hydrogens is 244 g/mol. The van der Waals surface area contributed by atoms with E-state index in [0.717, 1.165) is 25.3 Å². The van der Waals surface area contributed by atoms with Crippen molar-refractivity contribution < 1.29 is 13.3 Å². The summed E-state index contributed by atoms with van der Waals surface area (Å²) in [7, 11) is -2.43. The first kappa shape index (κ1) is 18.1. The third kappa shape index (κ3) is 7.51. The average molecular weight is 276 g/mol. The van der Waals surface area contributed by atoms with Gasteiger partial charge in [-0.3, -0.25) is 0 Å². The molecule has 4 heteroatoms.